The van der Waals surface area contributed by atoms with Crippen LogP contribution in [0.4, 0.5) is 0 Å². The maximum Gasteiger partial charge on any atom is 0.125 e. The van der Waals surface area contributed by atoms with Gasteiger partial charge in [0.25, 0.3) is 0 Å². The lowest BCUT2D eigenvalue weighted by molar-refractivity contribution is 0.458. The maximum absolute atomic E-state index is 10.0. The number of aromatic hydroxyl groups is 2. The van der Waals surface area contributed by atoms with Crippen LogP contribution in [-0.4, -0.2) is 21.6 Å². The highest BCUT2D eigenvalue weighted by molar-refractivity contribution is 6.09. The van der Waals surface area contributed by atoms with Crippen LogP contribution in [0, 0.1) is 0 Å². The van der Waals surface area contributed by atoms with Gasteiger partial charge >= 0.3 is 0 Å². The largest absolute Gasteiger partial charge is 0.507 e. The molecule has 1 aromatic rings. The highest BCUT2D eigenvalue weighted by Gasteiger charge is 2.17. The van der Waals surface area contributed by atoms with Gasteiger partial charge in [0.15, 0.2) is 0 Å². The fourth-order valence-corrected chi connectivity index (χ4v) is 2.12. The number of phenols is 2. The Morgan fingerprint density at radius 1 is 0.778 bits per heavy atom. The molecule has 0 aliphatic carbocycles. The summed E-state index contributed by atoms with van der Waals surface area (Å²) >= 11 is 0. The first-order valence-electron chi connectivity index (χ1n) is 5.76. The summed E-state index contributed by atoms with van der Waals surface area (Å²) in [4.78, 5) is 8.31. The van der Waals surface area contributed by atoms with E-state index in [1.165, 1.54) is 0 Å². The van der Waals surface area contributed by atoms with Gasteiger partial charge in [0.05, 0.1) is 11.4 Å². The Labute approximate surface area is 104 Å². The Bertz CT molecular complexity index is 569. The van der Waals surface area contributed by atoms with Crippen LogP contribution in [0.5, 0.6) is 11.5 Å². The molecule has 4 nitrogen and oxygen atoms in total. The van der Waals surface area contributed by atoms with Crippen LogP contribution in [0.15, 0.2) is 46.7 Å². The van der Waals surface area contributed by atoms with Crippen LogP contribution in [0.25, 0.3) is 0 Å². The molecular weight excluding hydrogens is 228 g/mol. The number of phenolic OH excluding ortho intramolecular Hbond substituents is 2. The van der Waals surface area contributed by atoms with E-state index >= 15 is 0 Å². The second-order valence-electron chi connectivity index (χ2n) is 4.22. The average Bonchev–Trinajstić information content (AvgIpc) is 3.02. The van der Waals surface area contributed by atoms with Gasteiger partial charge in [-0.1, -0.05) is 12.2 Å². The third-order valence-corrected chi connectivity index (χ3v) is 3.03. The molecule has 0 saturated carbocycles. The zero-order valence-electron chi connectivity index (χ0n) is 9.67. The van der Waals surface area contributed by atoms with Crippen LogP contribution in [0.3, 0.4) is 0 Å². The monoisotopic (exact) mass is 240 g/mol. The van der Waals surface area contributed by atoms with Crippen LogP contribution in [0.2, 0.25) is 0 Å². The van der Waals surface area contributed by atoms with Crippen LogP contribution < -0.4 is 0 Å². The molecule has 1 aromatic carbocycles. The van der Waals surface area contributed by atoms with E-state index in [1.54, 1.807) is 24.5 Å². The number of hydrogen-bond acceptors (Lipinski definition) is 4. The predicted molar refractivity (Wildman–Crippen MR) is 70.4 cm³/mol. The normalized spacial score (nSPS) is 17.1. The van der Waals surface area contributed by atoms with E-state index in [0.29, 0.717) is 24.0 Å². The van der Waals surface area contributed by atoms with E-state index in [-0.39, 0.29) is 11.5 Å². The van der Waals surface area contributed by atoms with Crippen molar-refractivity contribution in [2.24, 2.45) is 9.98 Å². The zero-order chi connectivity index (χ0) is 12.5. The van der Waals surface area contributed by atoms with Gasteiger partial charge in [-0.15, -0.1) is 0 Å². The number of hydrogen-bond donors (Lipinski definition) is 2. The van der Waals surface area contributed by atoms with Gasteiger partial charge in [0, 0.05) is 36.4 Å². The second-order valence-corrected chi connectivity index (χ2v) is 4.22. The lowest BCUT2D eigenvalue weighted by Crippen LogP contribution is -2.02. The molecule has 18 heavy (non-hydrogen) atoms. The van der Waals surface area contributed by atoms with Crippen molar-refractivity contribution in [1.29, 1.82) is 0 Å². The van der Waals surface area contributed by atoms with E-state index in [2.05, 4.69) is 9.98 Å². The Hall–Kier alpha value is -2.36. The summed E-state index contributed by atoms with van der Waals surface area (Å²) < 4.78 is 0. The summed E-state index contributed by atoms with van der Waals surface area (Å²) in [6.07, 6.45) is 8.56. The van der Waals surface area contributed by atoms with E-state index in [4.69, 9.17) is 0 Å². The fraction of sp³-hybridized carbons (Fsp3) is 0.143. The van der Waals surface area contributed by atoms with Gasteiger partial charge in [-0.2, -0.15) is 0 Å². The summed E-state index contributed by atoms with van der Waals surface area (Å²) in [7, 11) is 0. The van der Waals surface area contributed by atoms with E-state index in [0.717, 1.165) is 11.4 Å². The predicted octanol–water partition coefficient (Wildman–Crippen LogP) is 2.51. The number of aliphatic imine (C=N–C) groups is 2. The molecule has 0 bridgehead atoms. The molecular formula is C14H12N2O2. The number of benzene rings is 1. The smallest absolute Gasteiger partial charge is 0.125 e. The Morgan fingerprint density at radius 3 is 1.56 bits per heavy atom. The number of allylic oxidation sites excluding steroid dienone is 2. The molecule has 2 aliphatic rings. The van der Waals surface area contributed by atoms with Crippen molar-refractivity contribution in [2.75, 3.05) is 0 Å². The minimum absolute atomic E-state index is 0.125. The summed E-state index contributed by atoms with van der Waals surface area (Å²) in [5, 5.41) is 20.1. The van der Waals surface area contributed by atoms with Crippen LogP contribution in [0.1, 0.15) is 24.0 Å². The number of rotatable bonds is 2. The van der Waals surface area contributed by atoms with E-state index < -0.39 is 0 Å². The second kappa shape index (κ2) is 4.14. The highest BCUT2D eigenvalue weighted by atomic mass is 16.3. The fourth-order valence-electron chi connectivity index (χ4n) is 2.12. The van der Waals surface area contributed by atoms with E-state index in [1.807, 2.05) is 12.2 Å². The third kappa shape index (κ3) is 1.72. The minimum atomic E-state index is 0.125. The Morgan fingerprint density at radius 2 is 1.22 bits per heavy atom. The molecule has 0 aromatic heterocycles. The summed E-state index contributed by atoms with van der Waals surface area (Å²) in [5.74, 6) is 0.250. The van der Waals surface area contributed by atoms with Gasteiger partial charge in [-0.3, -0.25) is 9.98 Å². The van der Waals surface area contributed by atoms with Crippen molar-refractivity contribution in [3.05, 3.63) is 47.8 Å². The van der Waals surface area contributed by atoms with Gasteiger partial charge in [-0.25, -0.2) is 0 Å². The standard InChI is InChI=1S/C14H12N2O2/c17-13-8-10(12-4-2-6-16-12)14(18)7-9(13)11-3-1-5-15-11/h1-2,5-8,17-18H,3-4H2. The molecule has 90 valence electrons. The van der Waals surface area contributed by atoms with Gasteiger partial charge < -0.3 is 10.2 Å². The summed E-state index contributed by atoms with van der Waals surface area (Å²) in [6, 6.07) is 3.11. The first-order valence-corrected chi connectivity index (χ1v) is 5.76. The lowest BCUT2D eigenvalue weighted by Gasteiger charge is -2.10. The lowest BCUT2D eigenvalue weighted by atomic mass is 10.00. The van der Waals surface area contributed by atoms with Crippen molar-refractivity contribution in [3.8, 4) is 11.5 Å². The summed E-state index contributed by atoms with van der Waals surface area (Å²) in [5.41, 5.74) is 2.68. The van der Waals surface area contributed by atoms with Crippen molar-refractivity contribution in [2.45, 2.75) is 12.8 Å². The Kier molecular flexibility index (Phi) is 2.48. The third-order valence-electron chi connectivity index (χ3n) is 3.03. The topological polar surface area (TPSA) is 65.2 Å². The van der Waals surface area contributed by atoms with Crippen LogP contribution >= 0.6 is 0 Å². The first-order chi connectivity index (χ1) is 8.75. The van der Waals surface area contributed by atoms with Crippen molar-refractivity contribution < 1.29 is 10.2 Å². The van der Waals surface area contributed by atoms with Gasteiger partial charge in [0.1, 0.15) is 11.5 Å². The summed E-state index contributed by atoms with van der Waals surface area (Å²) in [6.45, 7) is 0. The maximum atomic E-state index is 10.0. The quantitative estimate of drug-likeness (QED) is 0.780. The van der Waals surface area contributed by atoms with E-state index in [9.17, 15) is 10.2 Å². The molecule has 0 amide bonds. The molecule has 0 fully saturated rings. The molecule has 2 N–H and O–H groups in total. The number of nitrogens with zero attached hydrogens (tertiary/aromatic N) is 2. The van der Waals surface area contributed by atoms with Crippen LogP contribution in [-0.2, 0) is 0 Å². The van der Waals surface area contributed by atoms with Crippen molar-refractivity contribution in [3.63, 3.8) is 0 Å². The highest BCUT2D eigenvalue weighted by Crippen LogP contribution is 2.31. The molecule has 0 saturated heterocycles. The molecule has 3 rings (SSSR count). The molecule has 2 aliphatic heterocycles. The Balaban J connectivity index is 2.03. The van der Waals surface area contributed by atoms with Crippen molar-refractivity contribution >= 4 is 11.4 Å². The molecule has 0 atom stereocenters. The molecule has 0 unspecified atom stereocenters. The SMILES string of the molecule is Oc1cc(C2=NC=CC2)c(O)cc1C1=NC=CC1. The molecule has 0 radical (unpaired) electrons. The molecule has 0 spiro atoms. The first kappa shape index (κ1) is 10.8. The zero-order valence-corrected chi connectivity index (χ0v) is 9.67. The molecule has 4 heteroatoms. The van der Waals surface area contributed by atoms with Gasteiger partial charge in [0.2, 0.25) is 0 Å². The average molecular weight is 240 g/mol. The van der Waals surface area contributed by atoms with Gasteiger partial charge in [-0.05, 0) is 12.1 Å². The van der Waals surface area contributed by atoms with Crippen molar-refractivity contribution in [1.82, 2.24) is 0 Å². The molecule has 2 heterocycles. The minimum Gasteiger partial charge on any atom is -0.507 e.